The fourth-order valence-corrected chi connectivity index (χ4v) is 2.54. The molecular formula is C18H18N4S. The molecule has 1 aromatic heterocycles. The lowest BCUT2D eigenvalue weighted by Gasteiger charge is -2.09. The predicted molar refractivity (Wildman–Crippen MR) is 95.4 cm³/mol. The quantitative estimate of drug-likeness (QED) is 0.580. The highest BCUT2D eigenvalue weighted by Gasteiger charge is 2.10. The van der Waals surface area contributed by atoms with Gasteiger partial charge < -0.3 is 0 Å². The molecule has 1 N–H and O–H groups in total. The normalized spacial score (nSPS) is 11.7. The maximum Gasteiger partial charge on any atom is 0.216 e. The molecule has 5 heteroatoms. The fraction of sp³-hybridized carbons (Fsp3) is 0.167. The summed E-state index contributed by atoms with van der Waals surface area (Å²) in [4.78, 5) is 0. The van der Waals surface area contributed by atoms with Crippen molar-refractivity contribution in [2.45, 2.75) is 20.3 Å². The van der Waals surface area contributed by atoms with Crippen LogP contribution in [0.1, 0.15) is 29.4 Å². The summed E-state index contributed by atoms with van der Waals surface area (Å²) in [5, 5.41) is 11.8. The molecule has 0 saturated heterocycles. The second kappa shape index (κ2) is 6.71. The number of hydrogen-bond donors (Lipinski definition) is 1. The van der Waals surface area contributed by atoms with E-state index in [9.17, 15) is 0 Å². The van der Waals surface area contributed by atoms with Crippen LogP contribution in [0.3, 0.4) is 0 Å². The lowest BCUT2D eigenvalue weighted by atomic mass is 10.0. The van der Waals surface area contributed by atoms with E-state index >= 15 is 0 Å². The zero-order valence-corrected chi connectivity index (χ0v) is 14.0. The number of benzene rings is 2. The van der Waals surface area contributed by atoms with E-state index in [1.165, 1.54) is 5.56 Å². The predicted octanol–water partition coefficient (Wildman–Crippen LogP) is 4.11. The highest BCUT2D eigenvalue weighted by molar-refractivity contribution is 7.71. The zero-order chi connectivity index (χ0) is 16.2. The molecule has 0 aliphatic rings. The van der Waals surface area contributed by atoms with Gasteiger partial charge in [0, 0.05) is 17.5 Å². The Balaban J connectivity index is 2.20. The van der Waals surface area contributed by atoms with Crippen LogP contribution in [-0.2, 0) is 6.42 Å². The Bertz CT molecular complexity index is 873. The second-order valence-corrected chi connectivity index (χ2v) is 5.68. The summed E-state index contributed by atoms with van der Waals surface area (Å²) in [5.74, 6) is 0.815. The number of hydrogen-bond acceptors (Lipinski definition) is 3. The summed E-state index contributed by atoms with van der Waals surface area (Å²) < 4.78 is 2.21. The van der Waals surface area contributed by atoms with Gasteiger partial charge in [-0.3, -0.25) is 5.10 Å². The molecular weight excluding hydrogens is 304 g/mol. The largest absolute Gasteiger partial charge is 0.250 e. The van der Waals surface area contributed by atoms with E-state index in [4.69, 9.17) is 17.3 Å². The SMILES string of the molecule is CCc1n[nH]c(=S)n1N=C(c1ccccc1)c1ccc(C)cc1. The lowest BCUT2D eigenvalue weighted by molar-refractivity contribution is 0.776. The number of aromatic amines is 1. The van der Waals surface area contributed by atoms with Crippen molar-refractivity contribution in [2.75, 3.05) is 0 Å². The maximum absolute atomic E-state index is 5.32. The number of aromatic nitrogens is 3. The molecule has 3 rings (SSSR count). The van der Waals surface area contributed by atoms with Crippen LogP contribution < -0.4 is 0 Å². The van der Waals surface area contributed by atoms with Gasteiger partial charge in [0.05, 0.1) is 5.71 Å². The standard InChI is InChI=1S/C18H18N4S/c1-3-16-19-20-18(23)22(16)21-17(14-7-5-4-6-8-14)15-11-9-13(2)10-12-15/h4-12H,3H2,1-2H3,(H,20,23). The van der Waals surface area contributed by atoms with Crippen LogP contribution in [0.15, 0.2) is 59.7 Å². The first-order valence-corrected chi connectivity index (χ1v) is 7.97. The highest BCUT2D eigenvalue weighted by atomic mass is 32.1. The highest BCUT2D eigenvalue weighted by Crippen LogP contribution is 2.13. The molecule has 0 bridgehead atoms. The van der Waals surface area contributed by atoms with Gasteiger partial charge in [-0.25, -0.2) is 0 Å². The Morgan fingerprint density at radius 3 is 2.39 bits per heavy atom. The minimum absolute atomic E-state index is 0.502. The second-order valence-electron chi connectivity index (χ2n) is 5.29. The summed E-state index contributed by atoms with van der Waals surface area (Å²) in [5.41, 5.74) is 4.18. The van der Waals surface area contributed by atoms with Crippen LogP contribution in [-0.4, -0.2) is 20.6 Å². The first-order chi connectivity index (χ1) is 11.2. The van der Waals surface area contributed by atoms with Crippen molar-refractivity contribution < 1.29 is 0 Å². The van der Waals surface area contributed by atoms with Gasteiger partial charge in [-0.1, -0.05) is 67.1 Å². The molecule has 0 aliphatic carbocycles. The van der Waals surface area contributed by atoms with Gasteiger partial charge in [0.2, 0.25) is 4.77 Å². The summed E-state index contributed by atoms with van der Waals surface area (Å²) in [6, 6.07) is 18.4. The molecule has 0 saturated carbocycles. The number of nitrogens with zero attached hydrogens (tertiary/aromatic N) is 3. The van der Waals surface area contributed by atoms with E-state index in [-0.39, 0.29) is 0 Å². The zero-order valence-electron chi connectivity index (χ0n) is 13.2. The van der Waals surface area contributed by atoms with Gasteiger partial charge >= 0.3 is 0 Å². The molecule has 0 radical (unpaired) electrons. The average Bonchev–Trinajstić information content (AvgIpc) is 2.94. The molecule has 0 amide bonds. The monoisotopic (exact) mass is 322 g/mol. The van der Waals surface area contributed by atoms with Gasteiger partial charge in [0.1, 0.15) is 0 Å². The van der Waals surface area contributed by atoms with Crippen LogP contribution in [0.2, 0.25) is 0 Å². The first kappa shape index (κ1) is 15.4. The van der Waals surface area contributed by atoms with Gasteiger partial charge in [-0.05, 0) is 19.1 Å². The van der Waals surface area contributed by atoms with Crippen LogP contribution in [0.5, 0.6) is 0 Å². The molecule has 1 heterocycles. The van der Waals surface area contributed by atoms with Crippen LogP contribution in [0.25, 0.3) is 0 Å². The third-order valence-electron chi connectivity index (χ3n) is 3.61. The minimum atomic E-state index is 0.502. The first-order valence-electron chi connectivity index (χ1n) is 7.56. The van der Waals surface area contributed by atoms with Crippen molar-refractivity contribution in [1.29, 1.82) is 0 Å². The molecule has 0 spiro atoms. The Morgan fingerprint density at radius 1 is 1.09 bits per heavy atom. The van der Waals surface area contributed by atoms with Crippen molar-refractivity contribution in [3.63, 3.8) is 0 Å². The van der Waals surface area contributed by atoms with Crippen molar-refractivity contribution in [3.8, 4) is 0 Å². The maximum atomic E-state index is 5.32. The third kappa shape index (κ3) is 3.29. The van der Waals surface area contributed by atoms with Gasteiger partial charge in [0.15, 0.2) is 5.82 Å². The van der Waals surface area contributed by atoms with E-state index < -0.39 is 0 Å². The topological polar surface area (TPSA) is 46.0 Å². The summed E-state index contributed by atoms with van der Waals surface area (Å²) in [6.45, 7) is 4.11. The minimum Gasteiger partial charge on any atom is -0.250 e. The smallest absolute Gasteiger partial charge is 0.216 e. The lowest BCUT2D eigenvalue weighted by Crippen LogP contribution is -2.08. The number of H-pyrrole nitrogens is 1. The van der Waals surface area contributed by atoms with Crippen molar-refractivity contribution in [1.82, 2.24) is 14.9 Å². The number of aryl methyl sites for hydroxylation is 2. The fourth-order valence-electron chi connectivity index (χ4n) is 2.35. The van der Waals surface area contributed by atoms with Crippen LogP contribution >= 0.6 is 12.2 Å². The van der Waals surface area contributed by atoms with E-state index in [0.717, 1.165) is 29.1 Å². The average molecular weight is 322 g/mol. The van der Waals surface area contributed by atoms with Crippen molar-refractivity contribution in [3.05, 3.63) is 81.9 Å². The molecule has 116 valence electrons. The van der Waals surface area contributed by atoms with Gasteiger partial charge in [0.25, 0.3) is 0 Å². The van der Waals surface area contributed by atoms with Crippen molar-refractivity contribution >= 4 is 17.9 Å². The van der Waals surface area contributed by atoms with E-state index in [1.807, 2.05) is 37.3 Å². The number of rotatable bonds is 4. The molecule has 23 heavy (non-hydrogen) atoms. The summed E-state index contributed by atoms with van der Waals surface area (Å²) in [7, 11) is 0. The Kier molecular flexibility index (Phi) is 4.48. The molecule has 4 nitrogen and oxygen atoms in total. The van der Waals surface area contributed by atoms with Gasteiger partial charge in [-0.2, -0.15) is 14.9 Å². The van der Waals surface area contributed by atoms with Crippen molar-refractivity contribution in [2.24, 2.45) is 5.10 Å². The molecule has 3 aromatic rings. The van der Waals surface area contributed by atoms with E-state index in [2.05, 4.69) is 41.4 Å². The molecule has 0 atom stereocenters. The van der Waals surface area contributed by atoms with Gasteiger partial charge in [-0.15, -0.1) is 0 Å². The Hall–Kier alpha value is -2.53. The molecule has 0 aliphatic heterocycles. The number of nitrogens with one attached hydrogen (secondary N) is 1. The molecule has 2 aromatic carbocycles. The molecule has 0 unspecified atom stereocenters. The van der Waals surface area contributed by atoms with E-state index in [0.29, 0.717) is 4.77 Å². The Morgan fingerprint density at radius 2 is 1.74 bits per heavy atom. The molecule has 0 fully saturated rings. The summed E-state index contributed by atoms with van der Waals surface area (Å²) in [6.07, 6.45) is 0.757. The third-order valence-corrected chi connectivity index (χ3v) is 3.87. The van der Waals surface area contributed by atoms with Crippen LogP contribution in [0, 0.1) is 11.7 Å². The Labute approximate surface area is 140 Å². The van der Waals surface area contributed by atoms with E-state index in [1.54, 1.807) is 4.68 Å². The summed E-state index contributed by atoms with van der Waals surface area (Å²) >= 11 is 5.32. The van der Waals surface area contributed by atoms with Crippen LogP contribution in [0.4, 0.5) is 0 Å².